The van der Waals surface area contributed by atoms with Gasteiger partial charge in [-0.15, -0.1) is 0 Å². The fraction of sp³-hybridized carbons (Fsp3) is 0. The molecule has 1 aromatic heterocycles. The summed E-state index contributed by atoms with van der Waals surface area (Å²) >= 11 is 3.21. The molecule has 4 nitrogen and oxygen atoms in total. The van der Waals surface area contributed by atoms with E-state index in [0.29, 0.717) is 27.2 Å². The molecule has 0 atom stereocenters. The summed E-state index contributed by atoms with van der Waals surface area (Å²) in [6.07, 6.45) is 3.24. The summed E-state index contributed by atoms with van der Waals surface area (Å²) in [5.74, 6) is 0.636. The van der Waals surface area contributed by atoms with E-state index in [2.05, 4.69) is 31.1 Å². The van der Waals surface area contributed by atoms with Gasteiger partial charge in [0, 0.05) is 10.0 Å². The molecule has 1 heterocycles. The first-order chi connectivity index (χ1) is 10.6. The molecule has 0 bridgehead atoms. The SMILES string of the molecule is Oc1ccccc1-c1n[nH]c(/C=C/c2ccc(Br)cc2F)n1. The Hall–Kier alpha value is -2.47. The number of phenolic OH excluding ortho intramolecular Hbond substituents is 1. The lowest BCUT2D eigenvalue weighted by molar-refractivity contribution is 0.477. The third-order valence-corrected chi connectivity index (χ3v) is 3.52. The van der Waals surface area contributed by atoms with E-state index < -0.39 is 0 Å². The van der Waals surface area contributed by atoms with Crippen molar-refractivity contribution in [2.45, 2.75) is 0 Å². The number of nitrogens with zero attached hydrogens (tertiary/aromatic N) is 2. The largest absolute Gasteiger partial charge is 0.507 e. The Morgan fingerprint density at radius 3 is 2.73 bits per heavy atom. The molecule has 0 amide bonds. The van der Waals surface area contributed by atoms with Gasteiger partial charge in [0.15, 0.2) is 5.82 Å². The molecular formula is C16H11BrFN3O. The highest BCUT2D eigenvalue weighted by atomic mass is 79.9. The maximum Gasteiger partial charge on any atom is 0.185 e. The van der Waals surface area contributed by atoms with Gasteiger partial charge >= 0.3 is 0 Å². The predicted octanol–water partition coefficient (Wildman–Crippen LogP) is 4.25. The standard InChI is InChI=1S/C16H11BrFN3O/c17-11-7-5-10(13(18)9-11)6-8-15-19-16(21-20-15)12-3-1-2-4-14(12)22/h1-9,22H,(H,19,20,21)/b8-6+. The quantitative estimate of drug-likeness (QED) is 0.734. The summed E-state index contributed by atoms with van der Waals surface area (Å²) in [4.78, 5) is 4.26. The number of aromatic nitrogens is 3. The van der Waals surface area contributed by atoms with Crippen LogP contribution in [0, 0.1) is 5.82 Å². The molecule has 0 radical (unpaired) electrons. The first-order valence-corrected chi connectivity index (χ1v) is 7.27. The maximum atomic E-state index is 13.7. The maximum absolute atomic E-state index is 13.7. The van der Waals surface area contributed by atoms with Gasteiger partial charge in [0.25, 0.3) is 0 Å². The van der Waals surface area contributed by atoms with E-state index >= 15 is 0 Å². The predicted molar refractivity (Wildman–Crippen MR) is 86.5 cm³/mol. The Bertz CT molecular complexity index is 845. The number of rotatable bonds is 3. The molecule has 0 aliphatic heterocycles. The average Bonchev–Trinajstić information content (AvgIpc) is 2.95. The minimum Gasteiger partial charge on any atom is -0.507 e. The summed E-state index contributed by atoms with van der Waals surface area (Å²) in [5.41, 5.74) is 0.983. The van der Waals surface area contributed by atoms with E-state index in [1.165, 1.54) is 6.07 Å². The van der Waals surface area contributed by atoms with Crippen molar-refractivity contribution in [1.82, 2.24) is 15.2 Å². The zero-order valence-corrected chi connectivity index (χ0v) is 12.9. The summed E-state index contributed by atoms with van der Waals surface area (Å²) in [6, 6.07) is 11.6. The summed E-state index contributed by atoms with van der Waals surface area (Å²) in [7, 11) is 0. The van der Waals surface area contributed by atoms with E-state index in [9.17, 15) is 9.50 Å². The molecule has 22 heavy (non-hydrogen) atoms. The van der Waals surface area contributed by atoms with E-state index in [1.54, 1.807) is 48.6 Å². The third-order valence-electron chi connectivity index (χ3n) is 3.03. The summed E-state index contributed by atoms with van der Waals surface area (Å²) in [5, 5.41) is 16.6. The van der Waals surface area contributed by atoms with Gasteiger partial charge < -0.3 is 5.11 Å². The van der Waals surface area contributed by atoms with Crippen LogP contribution in [-0.4, -0.2) is 20.3 Å². The van der Waals surface area contributed by atoms with Gasteiger partial charge in [0.2, 0.25) is 0 Å². The number of hydrogen-bond acceptors (Lipinski definition) is 3. The fourth-order valence-electron chi connectivity index (χ4n) is 1.94. The summed E-state index contributed by atoms with van der Waals surface area (Å²) < 4.78 is 14.4. The van der Waals surface area contributed by atoms with Crippen molar-refractivity contribution in [2.24, 2.45) is 0 Å². The van der Waals surface area contributed by atoms with Crippen LogP contribution < -0.4 is 0 Å². The van der Waals surface area contributed by atoms with Crippen LogP contribution in [-0.2, 0) is 0 Å². The average molecular weight is 360 g/mol. The number of aromatic hydroxyl groups is 1. The molecule has 2 N–H and O–H groups in total. The Morgan fingerprint density at radius 2 is 1.95 bits per heavy atom. The number of nitrogens with one attached hydrogen (secondary N) is 1. The van der Waals surface area contributed by atoms with Crippen LogP contribution >= 0.6 is 15.9 Å². The van der Waals surface area contributed by atoms with Crippen LogP contribution in [0.3, 0.4) is 0 Å². The molecule has 2 aromatic carbocycles. The third kappa shape index (κ3) is 3.07. The first-order valence-electron chi connectivity index (χ1n) is 6.47. The first kappa shape index (κ1) is 14.5. The van der Waals surface area contributed by atoms with Crippen LogP contribution in [0.25, 0.3) is 23.5 Å². The highest BCUT2D eigenvalue weighted by Crippen LogP contribution is 2.25. The molecule has 3 aromatic rings. The topological polar surface area (TPSA) is 61.8 Å². The van der Waals surface area contributed by atoms with E-state index in [1.807, 2.05) is 0 Å². The molecule has 0 aliphatic rings. The van der Waals surface area contributed by atoms with E-state index in [4.69, 9.17) is 0 Å². The van der Waals surface area contributed by atoms with Gasteiger partial charge in [-0.2, -0.15) is 5.10 Å². The van der Waals surface area contributed by atoms with Gasteiger partial charge in [0.1, 0.15) is 17.4 Å². The second-order valence-corrected chi connectivity index (χ2v) is 5.48. The number of hydrogen-bond donors (Lipinski definition) is 2. The Balaban J connectivity index is 1.85. The van der Waals surface area contributed by atoms with E-state index in [0.717, 1.165) is 0 Å². The fourth-order valence-corrected chi connectivity index (χ4v) is 2.27. The molecule has 0 unspecified atom stereocenters. The van der Waals surface area contributed by atoms with Crippen LogP contribution in [0.15, 0.2) is 46.9 Å². The van der Waals surface area contributed by atoms with Crippen molar-refractivity contribution < 1.29 is 9.50 Å². The van der Waals surface area contributed by atoms with Crippen molar-refractivity contribution in [2.75, 3.05) is 0 Å². The normalized spacial score (nSPS) is 11.2. The van der Waals surface area contributed by atoms with Gasteiger partial charge in [-0.05, 0) is 36.4 Å². The number of aromatic amines is 1. The smallest absolute Gasteiger partial charge is 0.185 e. The lowest BCUT2D eigenvalue weighted by Gasteiger charge is -1.97. The molecule has 110 valence electrons. The number of benzene rings is 2. The van der Waals surface area contributed by atoms with Crippen LogP contribution in [0.5, 0.6) is 5.75 Å². The second kappa shape index (κ2) is 6.11. The number of halogens is 2. The van der Waals surface area contributed by atoms with Crippen molar-refractivity contribution >= 4 is 28.1 Å². The zero-order valence-electron chi connectivity index (χ0n) is 11.3. The Labute approximate surface area is 134 Å². The molecule has 0 saturated heterocycles. The number of para-hydroxylation sites is 1. The second-order valence-electron chi connectivity index (χ2n) is 4.56. The molecular weight excluding hydrogens is 349 g/mol. The minimum atomic E-state index is -0.328. The highest BCUT2D eigenvalue weighted by molar-refractivity contribution is 9.10. The lowest BCUT2D eigenvalue weighted by atomic mass is 10.2. The van der Waals surface area contributed by atoms with Crippen LogP contribution in [0.4, 0.5) is 4.39 Å². The van der Waals surface area contributed by atoms with E-state index in [-0.39, 0.29) is 11.6 Å². The van der Waals surface area contributed by atoms with Crippen molar-refractivity contribution in [3.05, 3.63) is 64.1 Å². The van der Waals surface area contributed by atoms with Crippen LogP contribution in [0.2, 0.25) is 0 Å². The van der Waals surface area contributed by atoms with Gasteiger partial charge in [-0.25, -0.2) is 9.37 Å². The van der Waals surface area contributed by atoms with Crippen molar-refractivity contribution in [3.8, 4) is 17.1 Å². The molecule has 6 heteroatoms. The number of phenols is 1. The zero-order chi connectivity index (χ0) is 15.5. The summed E-state index contributed by atoms with van der Waals surface area (Å²) in [6.45, 7) is 0. The van der Waals surface area contributed by atoms with Gasteiger partial charge in [0.05, 0.1) is 5.56 Å². The molecule has 0 fully saturated rings. The Kier molecular flexibility index (Phi) is 4.02. The van der Waals surface area contributed by atoms with Crippen LogP contribution in [0.1, 0.15) is 11.4 Å². The molecule has 0 aliphatic carbocycles. The van der Waals surface area contributed by atoms with Crippen molar-refractivity contribution in [1.29, 1.82) is 0 Å². The monoisotopic (exact) mass is 359 g/mol. The minimum absolute atomic E-state index is 0.107. The lowest BCUT2D eigenvalue weighted by Crippen LogP contribution is -1.82. The highest BCUT2D eigenvalue weighted by Gasteiger charge is 2.08. The van der Waals surface area contributed by atoms with Gasteiger partial charge in [-0.3, -0.25) is 5.10 Å². The molecule has 0 spiro atoms. The van der Waals surface area contributed by atoms with Crippen molar-refractivity contribution in [3.63, 3.8) is 0 Å². The molecule has 3 rings (SSSR count). The molecule has 0 saturated carbocycles. The van der Waals surface area contributed by atoms with Gasteiger partial charge in [-0.1, -0.05) is 34.1 Å². The number of H-pyrrole nitrogens is 1. The Morgan fingerprint density at radius 1 is 1.14 bits per heavy atom.